The fraction of sp³-hybridized carbons (Fsp3) is 0.630. The minimum atomic E-state index is -0.892. The van der Waals surface area contributed by atoms with Gasteiger partial charge < -0.3 is 20.7 Å². The van der Waals surface area contributed by atoms with Gasteiger partial charge in [-0.3, -0.25) is 14.4 Å². The first-order valence-corrected chi connectivity index (χ1v) is 12.8. The van der Waals surface area contributed by atoms with Crippen LogP contribution >= 0.6 is 0 Å². The number of ether oxygens (including phenoxy) is 1. The van der Waals surface area contributed by atoms with Crippen molar-refractivity contribution in [3.05, 3.63) is 35.9 Å². The zero-order valence-electron chi connectivity index (χ0n) is 21.6. The van der Waals surface area contributed by atoms with Crippen molar-refractivity contribution in [3.63, 3.8) is 0 Å². The Balaban J connectivity index is 2.37. The summed E-state index contributed by atoms with van der Waals surface area (Å²) in [6.45, 7) is 9.40. The van der Waals surface area contributed by atoms with E-state index in [1.54, 1.807) is 6.92 Å². The fourth-order valence-corrected chi connectivity index (χ4v) is 4.12. The molecular weight excluding hydrogens is 446 g/mol. The number of carbonyl (C=O) groups excluding carboxylic acids is 4. The largest absolute Gasteiger partial charge is 0.460 e. The lowest BCUT2D eigenvalue weighted by Crippen LogP contribution is -2.55. The van der Waals surface area contributed by atoms with Crippen molar-refractivity contribution < 1.29 is 23.9 Å². The first kappa shape index (κ1) is 28.3. The lowest BCUT2D eigenvalue weighted by Gasteiger charge is -2.29. The molecule has 35 heavy (non-hydrogen) atoms. The smallest absolute Gasteiger partial charge is 0.329 e. The normalized spacial score (nSPS) is 26.1. The van der Waals surface area contributed by atoms with Crippen LogP contribution in [0.1, 0.15) is 72.3 Å². The Hall–Kier alpha value is -2.90. The summed E-state index contributed by atoms with van der Waals surface area (Å²) in [5.41, 5.74) is 0.880. The van der Waals surface area contributed by atoms with E-state index in [4.69, 9.17) is 4.74 Å². The van der Waals surface area contributed by atoms with Crippen molar-refractivity contribution in [1.29, 1.82) is 0 Å². The van der Waals surface area contributed by atoms with E-state index >= 15 is 0 Å². The second-order valence-electron chi connectivity index (χ2n) is 9.71. The van der Waals surface area contributed by atoms with E-state index in [1.165, 1.54) is 0 Å². The van der Waals surface area contributed by atoms with Crippen molar-refractivity contribution in [2.45, 2.75) is 97.4 Å². The molecule has 194 valence electrons. The van der Waals surface area contributed by atoms with E-state index in [0.29, 0.717) is 6.42 Å². The molecule has 8 nitrogen and oxygen atoms in total. The summed E-state index contributed by atoms with van der Waals surface area (Å²) in [5, 5.41) is 8.28. The molecule has 0 bridgehead atoms. The van der Waals surface area contributed by atoms with E-state index in [1.807, 2.05) is 51.1 Å². The van der Waals surface area contributed by atoms with Crippen LogP contribution in [0.3, 0.4) is 0 Å². The zero-order chi connectivity index (χ0) is 26.0. The summed E-state index contributed by atoms with van der Waals surface area (Å²) in [7, 11) is 0. The molecule has 1 aliphatic rings. The monoisotopic (exact) mass is 487 g/mol. The van der Waals surface area contributed by atoms with Gasteiger partial charge in [-0.05, 0) is 30.7 Å². The van der Waals surface area contributed by atoms with Crippen LogP contribution in [-0.2, 0) is 30.3 Å². The van der Waals surface area contributed by atoms with Crippen LogP contribution in [-0.4, -0.2) is 47.9 Å². The first-order valence-electron chi connectivity index (χ1n) is 12.8. The molecule has 1 aromatic rings. The van der Waals surface area contributed by atoms with Crippen LogP contribution in [0.4, 0.5) is 0 Å². The molecule has 3 N–H and O–H groups in total. The SMILES string of the molecule is CCCC[C@@H](C)[C@H]1CC(=O)N[C@@H](Cc2ccccc2)C(=O)N[C@@H](C)C(=O)N[C@H]([C@@H](C)CC)C(=O)O1. The van der Waals surface area contributed by atoms with Crippen molar-refractivity contribution in [2.75, 3.05) is 0 Å². The van der Waals surface area contributed by atoms with Gasteiger partial charge in [0.2, 0.25) is 17.7 Å². The van der Waals surface area contributed by atoms with Crippen LogP contribution in [0, 0.1) is 11.8 Å². The number of amides is 3. The Morgan fingerprint density at radius 1 is 0.943 bits per heavy atom. The van der Waals surface area contributed by atoms with Gasteiger partial charge in [-0.2, -0.15) is 0 Å². The average molecular weight is 488 g/mol. The maximum Gasteiger partial charge on any atom is 0.329 e. The zero-order valence-corrected chi connectivity index (χ0v) is 21.6. The maximum atomic E-state index is 13.2. The summed E-state index contributed by atoms with van der Waals surface area (Å²) in [6, 6.07) is 6.75. The van der Waals surface area contributed by atoms with Gasteiger partial charge >= 0.3 is 5.97 Å². The van der Waals surface area contributed by atoms with Crippen molar-refractivity contribution in [1.82, 2.24) is 16.0 Å². The van der Waals surface area contributed by atoms with Gasteiger partial charge in [0.1, 0.15) is 24.2 Å². The van der Waals surface area contributed by atoms with Crippen LogP contribution in [0.15, 0.2) is 30.3 Å². The maximum absolute atomic E-state index is 13.2. The molecule has 0 spiro atoms. The standard InChI is InChI=1S/C27H41N3O5/c1-6-8-12-18(4)22-16-23(31)29-21(15-20-13-10-9-11-14-20)26(33)28-19(5)25(32)30-24(17(3)7-2)27(34)35-22/h9-11,13-14,17-19,21-22,24H,6-8,12,15-16H2,1-5H3,(H,28,33)(H,29,31)(H,30,32)/t17-,18+,19-,21-,22+,24+/m0/s1. The summed E-state index contributed by atoms with van der Waals surface area (Å²) in [5.74, 6) is -2.07. The Bertz CT molecular complexity index is 860. The highest BCUT2D eigenvalue weighted by atomic mass is 16.5. The number of carbonyl (C=O) groups is 4. The Kier molecular flexibility index (Phi) is 11.2. The molecule has 1 saturated heterocycles. The van der Waals surface area contributed by atoms with Gasteiger partial charge in [-0.25, -0.2) is 4.79 Å². The molecule has 0 saturated carbocycles. The molecule has 0 radical (unpaired) electrons. The second kappa shape index (κ2) is 13.9. The summed E-state index contributed by atoms with van der Waals surface area (Å²) in [4.78, 5) is 52.3. The molecular formula is C27H41N3O5. The molecule has 8 heteroatoms. The third-order valence-corrected chi connectivity index (χ3v) is 6.75. The van der Waals surface area contributed by atoms with Crippen molar-refractivity contribution in [2.24, 2.45) is 11.8 Å². The predicted molar refractivity (Wildman–Crippen MR) is 134 cm³/mol. The van der Waals surface area contributed by atoms with Crippen LogP contribution in [0.2, 0.25) is 0 Å². The van der Waals surface area contributed by atoms with Crippen LogP contribution in [0.5, 0.6) is 0 Å². The van der Waals surface area contributed by atoms with Gasteiger partial charge in [-0.1, -0.05) is 77.3 Å². The molecule has 1 heterocycles. The van der Waals surface area contributed by atoms with Gasteiger partial charge in [0.25, 0.3) is 0 Å². The van der Waals surface area contributed by atoms with E-state index < -0.39 is 42.0 Å². The molecule has 6 atom stereocenters. The Morgan fingerprint density at radius 2 is 1.63 bits per heavy atom. The second-order valence-corrected chi connectivity index (χ2v) is 9.71. The van der Waals surface area contributed by atoms with E-state index in [2.05, 4.69) is 22.9 Å². The lowest BCUT2D eigenvalue weighted by molar-refractivity contribution is -0.158. The van der Waals surface area contributed by atoms with Gasteiger partial charge in [-0.15, -0.1) is 0 Å². The quantitative estimate of drug-likeness (QED) is 0.488. The fourth-order valence-electron chi connectivity index (χ4n) is 4.12. The highest BCUT2D eigenvalue weighted by Crippen LogP contribution is 2.21. The number of nitrogens with one attached hydrogen (secondary N) is 3. The molecule has 1 fully saturated rings. The molecule has 3 amide bonds. The van der Waals surface area contributed by atoms with Crippen LogP contribution in [0.25, 0.3) is 0 Å². The number of benzene rings is 1. The van der Waals surface area contributed by atoms with Gasteiger partial charge in [0.15, 0.2) is 0 Å². The third kappa shape index (κ3) is 8.67. The number of hydrogen-bond acceptors (Lipinski definition) is 5. The van der Waals surface area contributed by atoms with E-state index in [9.17, 15) is 19.2 Å². The average Bonchev–Trinajstić information content (AvgIpc) is 2.84. The van der Waals surface area contributed by atoms with Gasteiger partial charge in [0, 0.05) is 6.42 Å². The minimum Gasteiger partial charge on any atom is -0.460 e. The highest BCUT2D eigenvalue weighted by Gasteiger charge is 2.35. The molecule has 0 aliphatic carbocycles. The molecule has 0 aromatic heterocycles. The Labute approximate surface area is 208 Å². The molecule has 0 unspecified atom stereocenters. The number of unbranched alkanes of at least 4 members (excludes halogenated alkanes) is 1. The number of rotatable bonds is 8. The summed E-state index contributed by atoms with van der Waals surface area (Å²) in [6.07, 6.45) is 2.95. The highest BCUT2D eigenvalue weighted by molar-refractivity contribution is 5.94. The van der Waals surface area contributed by atoms with Gasteiger partial charge in [0.05, 0.1) is 6.42 Å². The predicted octanol–water partition coefficient (Wildman–Crippen LogP) is 2.89. The first-order chi connectivity index (χ1) is 16.7. The lowest BCUT2D eigenvalue weighted by atomic mass is 9.94. The molecule has 1 aliphatic heterocycles. The minimum absolute atomic E-state index is 0.0497. The number of cyclic esters (lactones) is 1. The van der Waals surface area contributed by atoms with E-state index in [0.717, 1.165) is 24.8 Å². The number of esters is 1. The molecule has 1 aromatic carbocycles. The third-order valence-electron chi connectivity index (χ3n) is 6.75. The van der Waals surface area contributed by atoms with Crippen LogP contribution < -0.4 is 16.0 Å². The van der Waals surface area contributed by atoms with Crippen molar-refractivity contribution >= 4 is 23.7 Å². The molecule has 2 rings (SSSR count). The Morgan fingerprint density at radius 3 is 2.26 bits per heavy atom. The topological polar surface area (TPSA) is 114 Å². The van der Waals surface area contributed by atoms with E-state index in [-0.39, 0.29) is 30.6 Å². The summed E-state index contributed by atoms with van der Waals surface area (Å²) >= 11 is 0. The van der Waals surface area contributed by atoms with Crippen molar-refractivity contribution in [3.8, 4) is 0 Å². The number of hydrogen-bond donors (Lipinski definition) is 3. The summed E-state index contributed by atoms with van der Waals surface area (Å²) < 4.78 is 5.87.